The van der Waals surface area contributed by atoms with Crippen LogP contribution in [0.1, 0.15) is 50.2 Å². The molecular formula is C27H30FOP. The lowest BCUT2D eigenvalue weighted by atomic mass is 9.97. The Morgan fingerprint density at radius 2 is 1.27 bits per heavy atom. The molecular weight excluding hydrogens is 390 g/mol. The maximum Gasteiger partial charge on any atom is 0.155 e. The van der Waals surface area contributed by atoms with Crippen molar-refractivity contribution in [2.75, 3.05) is 6.16 Å². The third-order valence-corrected chi connectivity index (χ3v) is 6.05. The van der Waals surface area contributed by atoms with Crippen molar-refractivity contribution in [3.8, 4) is 22.3 Å². The predicted molar refractivity (Wildman–Crippen MR) is 126 cm³/mol. The number of benzene rings is 3. The Morgan fingerprint density at radius 3 is 1.83 bits per heavy atom. The van der Waals surface area contributed by atoms with E-state index in [9.17, 15) is 8.96 Å². The number of rotatable bonds is 11. The highest BCUT2D eigenvalue weighted by molar-refractivity contribution is 7.23. The SMILES string of the molecule is CCCCCc1ccc(-c2ccc(-c3ccc(CCCCP=O)cc3)c(F)c2)cc1. The van der Waals surface area contributed by atoms with Crippen LogP contribution < -0.4 is 0 Å². The summed E-state index contributed by atoms with van der Waals surface area (Å²) in [4.78, 5) is 0. The van der Waals surface area contributed by atoms with Crippen molar-refractivity contribution in [2.45, 2.75) is 51.9 Å². The summed E-state index contributed by atoms with van der Waals surface area (Å²) in [7, 11) is 0.224. The fourth-order valence-electron chi connectivity index (χ4n) is 3.73. The van der Waals surface area contributed by atoms with Crippen LogP contribution in [0.5, 0.6) is 0 Å². The summed E-state index contributed by atoms with van der Waals surface area (Å²) in [6, 6.07) is 22.1. The Hall–Kier alpha value is -2.31. The van der Waals surface area contributed by atoms with Crippen molar-refractivity contribution in [2.24, 2.45) is 0 Å². The normalized spacial score (nSPS) is 11.1. The fraction of sp³-hybridized carbons (Fsp3) is 0.333. The summed E-state index contributed by atoms with van der Waals surface area (Å²) in [5.74, 6) is -0.193. The van der Waals surface area contributed by atoms with E-state index in [1.165, 1.54) is 30.4 Å². The van der Waals surface area contributed by atoms with Crippen LogP contribution in [-0.4, -0.2) is 6.16 Å². The molecule has 3 heteroatoms. The topological polar surface area (TPSA) is 17.1 Å². The number of aryl methyl sites for hydroxylation is 2. The van der Waals surface area contributed by atoms with Gasteiger partial charge in [-0.2, -0.15) is 0 Å². The van der Waals surface area contributed by atoms with Gasteiger partial charge in [-0.3, -0.25) is 4.57 Å². The van der Waals surface area contributed by atoms with Gasteiger partial charge < -0.3 is 0 Å². The first kappa shape index (κ1) is 22.4. The smallest absolute Gasteiger partial charge is 0.155 e. The second-order valence-corrected chi connectivity index (χ2v) is 8.56. The van der Waals surface area contributed by atoms with Gasteiger partial charge in [-0.15, -0.1) is 0 Å². The summed E-state index contributed by atoms with van der Waals surface area (Å²) in [5, 5.41) is 0. The average Bonchev–Trinajstić information content (AvgIpc) is 2.78. The van der Waals surface area contributed by atoms with Crippen LogP contribution in [0.4, 0.5) is 4.39 Å². The lowest BCUT2D eigenvalue weighted by molar-refractivity contribution is 0.596. The van der Waals surface area contributed by atoms with Gasteiger partial charge in [-0.1, -0.05) is 80.4 Å². The maximum absolute atomic E-state index is 14.9. The molecule has 0 aliphatic heterocycles. The van der Waals surface area contributed by atoms with Crippen molar-refractivity contribution in [1.82, 2.24) is 0 Å². The minimum Gasteiger partial charge on any atom is -0.275 e. The highest BCUT2D eigenvalue weighted by atomic mass is 31.1. The Kier molecular flexibility index (Phi) is 8.78. The van der Waals surface area contributed by atoms with Gasteiger partial charge in [-0.05, 0) is 66.0 Å². The number of hydrogen-bond donors (Lipinski definition) is 0. The molecule has 3 aromatic rings. The molecule has 0 aliphatic rings. The summed E-state index contributed by atoms with van der Waals surface area (Å²) in [5.41, 5.74) is 6.06. The van der Waals surface area contributed by atoms with E-state index < -0.39 is 0 Å². The van der Waals surface area contributed by atoms with Crippen LogP contribution in [0.25, 0.3) is 22.3 Å². The van der Waals surface area contributed by atoms with Gasteiger partial charge in [-0.25, -0.2) is 4.39 Å². The minimum atomic E-state index is -0.193. The second-order valence-electron chi connectivity index (χ2n) is 7.86. The average molecular weight is 421 g/mol. The van der Waals surface area contributed by atoms with Gasteiger partial charge >= 0.3 is 0 Å². The maximum atomic E-state index is 14.9. The molecule has 0 bridgehead atoms. The monoisotopic (exact) mass is 420 g/mol. The molecule has 0 fully saturated rings. The molecule has 0 N–H and O–H groups in total. The molecule has 0 heterocycles. The molecule has 156 valence electrons. The van der Waals surface area contributed by atoms with Gasteiger partial charge in [0.1, 0.15) is 5.82 Å². The molecule has 0 amide bonds. The van der Waals surface area contributed by atoms with Gasteiger partial charge in [0, 0.05) is 11.7 Å². The van der Waals surface area contributed by atoms with E-state index in [0.717, 1.165) is 48.5 Å². The molecule has 0 atom stereocenters. The molecule has 0 aliphatic carbocycles. The van der Waals surface area contributed by atoms with E-state index in [2.05, 4.69) is 43.3 Å². The first-order valence-electron chi connectivity index (χ1n) is 11.0. The zero-order valence-corrected chi connectivity index (χ0v) is 18.6. The quantitative estimate of drug-likeness (QED) is 0.224. The molecule has 3 rings (SSSR count). The van der Waals surface area contributed by atoms with E-state index >= 15 is 0 Å². The van der Waals surface area contributed by atoms with Crippen LogP contribution in [0.15, 0.2) is 66.7 Å². The Labute approximate surface area is 181 Å². The fourth-order valence-corrected chi connectivity index (χ4v) is 4.08. The van der Waals surface area contributed by atoms with Crippen molar-refractivity contribution < 1.29 is 8.96 Å². The third-order valence-electron chi connectivity index (χ3n) is 5.56. The molecule has 0 spiro atoms. The van der Waals surface area contributed by atoms with Crippen molar-refractivity contribution in [3.05, 3.63) is 83.7 Å². The summed E-state index contributed by atoms with van der Waals surface area (Å²) < 4.78 is 25.4. The molecule has 0 saturated heterocycles. The predicted octanol–water partition coefficient (Wildman–Crippen LogP) is 8.51. The van der Waals surface area contributed by atoms with Crippen molar-refractivity contribution in [3.63, 3.8) is 0 Å². The largest absolute Gasteiger partial charge is 0.275 e. The van der Waals surface area contributed by atoms with E-state index in [1.54, 1.807) is 6.07 Å². The molecule has 0 aromatic heterocycles. The molecule has 0 radical (unpaired) electrons. The lowest BCUT2D eigenvalue weighted by Gasteiger charge is -2.09. The highest BCUT2D eigenvalue weighted by Gasteiger charge is 2.08. The van der Waals surface area contributed by atoms with Gasteiger partial charge in [0.2, 0.25) is 0 Å². The third kappa shape index (κ3) is 6.34. The molecule has 1 nitrogen and oxygen atoms in total. The minimum absolute atomic E-state index is 0.193. The van der Waals surface area contributed by atoms with E-state index in [0.29, 0.717) is 5.56 Å². The van der Waals surface area contributed by atoms with Crippen LogP contribution >= 0.6 is 8.46 Å². The van der Waals surface area contributed by atoms with E-state index in [4.69, 9.17) is 0 Å². The zero-order chi connectivity index (χ0) is 21.2. The van der Waals surface area contributed by atoms with Crippen LogP contribution in [0.3, 0.4) is 0 Å². The molecule has 0 saturated carbocycles. The van der Waals surface area contributed by atoms with Crippen LogP contribution in [0, 0.1) is 5.82 Å². The Balaban J connectivity index is 1.67. The van der Waals surface area contributed by atoms with Crippen molar-refractivity contribution >= 4 is 8.46 Å². The number of hydrogen-bond acceptors (Lipinski definition) is 1. The van der Waals surface area contributed by atoms with Gasteiger partial charge in [0.05, 0.1) is 0 Å². The summed E-state index contributed by atoms with van der Waals surface area (Å²) >= 11 is 0. The highest BCUT2D eigenvalue weighted by Crippen LogP contribution is 2.29. The molecule has 30 heavy (non-hydrogen) atoms. The number of halogens is 1. The second kappa shape index (κ2) is 11.8. The Morgan fingerprint density at radius 1 is 0.700 bits per heavy atom. The van der Waals surface area contributed by atoms with Crippen LogP contribution in [0.2, 0.25) is 0 Å². The van der Waals surface area contributed by atoms with Gasteiger partial charge in [0.15, 0.2) is 8.46 Å². The summed E-state index contributed by atoms with van der Waals surface area (Å²) in [6.07, 6.45) is 8.49. The molecule has 0 unspecified atom stereocenters. The van der Waals surface area contributed by atoms with E-state index in [1.807, 2.05) is 24.3 Å². The lowest BCUT2D eigenvalue weighted by Crippen LogP contribution is -1.90. The Bertz CT molecular complexity index is 932. The standard InChI is InChI=1S/C27H30FOP/c1-2-3-4-7-21-9-13-23(14-10-21)25-17-18-26(27(28)20-25)24-15-11-22(12-16-24)8-5-6-19-30-29/h9-18,20H,2-8,19H2,1H3. The van der Waals surface area contributed by atoms with E-state index in [-0.39, 0.29) is 14.3 Å². The van der Waals surface area contributed by atoms with Crippen LogP contribution in [-0.2, 0) is 17.4 Å². The van der Waals surface area contributed by atoms with Crippen molar-refractivity contribution in [1.29, 1.82) is 0 Å². The first-order valence-corrected chi connectivity index (χ1v) is 12.0. The van der Waals surface area contributed by atoms with Gasteiger partial charge in [0.25, 0.3) is 0 Å². The first-order chi connectivity index (χ1) is 14.7. The summed E-state index contributed by atoms with van der Waals surface area (Å²) in [6.45, 7) is 2.22. The number of unbranched alkanes of at least 4 members (excludes halogenated alkanes) is 3. The zero-order valence-electron chi connectivity index (χ0n) is 17.7. The molecule has 3 aromatic carbocycles.